The number of hydrogen-bond donors (Lipinski definition) is 2. The van der Waals surface area contributed by atoms with Gasteiger partial charge in [0.05, 0.1) is 6.04 Å². The molecule has 1 atom stereocenters. The van der Waals surface area contributed by atoms with E-state index in [1.54, 1.807) is 0 Å². The fourth-order valence-electron chi connectivity index (χ4n) is 1.31. The molecule has 0 rings (SSSR count). The van der Waals surface area contributed by atoms with E-state index in [4.69, 9.17) is 5.73 Å². The van der Waals surface area contributed by atoms with Gasteiger partial charge in [0.1, 0.15) is 6.29 Å². The van der Waals surface area contributed by atoms with E-state index in [9.17, 15) is 9.59 Å². The van der Waals surface area contributed by atoms with Gasteiger partial charge in [-0.15, -0.1) is 0 Å². The van der Waals surface area contributed by atoms with Crippen LogP contribution in [0.15, 0.2) is 0 Å². The van der Waals surface area contributed by atoms with Crippen molar-refractivity contribution in [3.8, 4) is 0 Å². The molecule has 0 aliphatic rings. The molecule has 0 aromatic heterocycles. The van der Waals surface area contributed by atoms with Crippen LogP contribution in [0.1, 0.15) is 45.4 Å². The normalized spacial score (nSPS) is 12.1. The van der Waals surface area contributed by atoms with Crippen molar-refractivity contribution >= 4 is 12.2 Å². The molecular formula is C11H22N2O2. The number of hydrogen-bond acceptors (Lipinski definition) is 3. The Morgan fingerprint density at radius 3 is 2.73 bits per heavy atom. The first-order valence-electron chi connectivity index (χ1n) is 5.69. The maximum Gasteiger partial charge on any atom is 0.236 e. The molecule has 0 radical (unpaired) electrons. The Hall–Kier alpha value is -0.900. The van der Waals surface area contributed by atoms with Crippen molar-refractivity contribution in [1.82, 2.24) is 5.32 Å². The van der Waals surface area contributed by atoms with Gasteiger partial charge in [-0.3, -0.25) is 4.79 Å². The van der Waals surface area contributed by atoms with Crippen LogP contribution in [0, 0.1) is 0 Å². The molecule has 0 bridgehead atoms. The third-order valence-electron chi connectivity index (χ3n) is 2.23. The standard InChI is InChI=1S/C11H22N2O2/c1-2-7-10(12)11(15)13-8-5-3-4-6-9-14/h9-10H,2-8,12H2,1H3,(H,13,15). The highest BCUT2D eigenvalue weighted by atomic mass is 16.2. The lowest BCUT2D eigenvalue weighted by atomic mass is 10.1. The molecule has 1 unspecified atom stereocenters. The van der Waals surface area contributed by atoms with E-state index >= 15 is 0 Å². The summed E-state index contributed by atoms with van der Waals surface area (Å²) in [6.45, 7) is 2.67. The molecule has 1 amide bonds. The molecule has 0 saturated carbocycles. The van der Waals surface area contributed by atoms with Crippen molar-refractivity contribution in [1.29, 1.82) is 0 Å². The number of carbonyl (C=O) groups excluding carboxylic acids is 2. The Balaban J connectivity index is 3.34. The SMILES string of the molecule is CCCC(N)C(=O)NCCCCCC=O. The number of nitrogens with one attached hydrogen (secondary N) is 1. The zero-order chi connectivity index (χ0) is 11.5. The largest absolute Gasteiger partial charge is 0.355 e. The summed E-state index contributed by atoms with van der Waals surface area (Å²) in [5.41, 5.74) is 5.63. The lowest BCUT2D eigenvalue weighted by Crippen LogP contribution is -2.40. The summed E-state index contributed by atoms with van der Waals surface area (Å²) in [4.78, 5) is 21.4. The minimum atomic E-state index is -0.370. The van der Waals surface area contributed by atoms with Gasteiger partial charge < -0.3 is 15.8 Å². The number of aldehydes is 1. The summed E-state index contributed by atoms with van der Waals surface area (Å²) in [5, 5.41) is 2.79. The van der Waals surface area contributed by atoms with Crippen LogP contribution in [-0.4, -0.2) is 24.8 Å². The minimum Gasteiger partial charge on any atom is -0.355 e. The third-order valence-corrected chi connectivity index (χ3v) is 2.23. The summed E-state index contributed by atoms with van der Waals surface area (Å²) < 4.78 is 0. The van der Waals surface area contributed by atoms with Crippen LogP contribution in [0.3, 0.4) is 0 Å². The van der Waals surface area contributed by atoms with Crippen LogP contribution in [0.4, 0.5) is 0 Å². The quantitative estimate of drug-likeness (QED) is 0.444. The average Bonchev–Trinajstić information content (AvgIpc) is 2.23. The van der Waals surface area contributed by atoms with Gasteiger partial charge in [-0.1, -0.05) is 19.8 Å². The van der Waals surface area contributed by atoms with Gasteiger partial charge in [0.15, 0.2) is 0 Å². The number of amides is 1. The first kappa shape index (κ1) is 14.1. The van der Waals surface area contributed by atoms with Crippen molar-refractivity contribution < 1.29 is 9.59 Å². The number of nitrogens with two attached hydrogens (primary N) is 1. The van der Waals surface area contributed by atoms with E-state index in [0.717, 1.165) is 38.4 Å². The lowest BCUT2D eigenvalue weighted by molar-refractivity contribution is -0.122. The Kier molecular flexibility index (Phi) is 9.07. The van der Waals surface area contributed by atoms with Gasteiger partial charge in [0.2, 0.25) is 5.91 Å². The molecule has 15 heavy (non-hydrogen) atoms. The molecule has 3 N–H and O–H groups in total. The van der Waals surface area contributed by atoms with Gasteiger partial charge in [-0.2, -0.15) is 0 Å². The average molecular weight is 214 g/mol. The van der Waals surface area contributed by atoms with E-state index in [2.05, 4.69) is 5.32 Å². The summed E-state index contributed by atoms with van der Waals surface area (Å²) in [5.74, 6) is -0.0627. The fraction of sp³-hybridized carbons (Fsp3) is 0.818. The molecule has 0 aliphatic heterocycles. The number of carbonyl (C=O) groups is 2. The molecule has 4 nitrogen and oxygen atoms in total. The van der Waals surface area contributed by atoms with Crippen LogP contribution >= 0.6 is 0 Å². The summed E-state index contributed by atoms with van der Waals surface area (Å²) in [6, 6.07) is -0.370. The molecule has 0 aliphatic carbocycles. The fourth-order valence-corrected chi connectivity index (χ4v) is 1.31. The van der Waals surface area contributed by atoms with Crippen LogP contribution in [0.25, 0.3) is 0 Å². The molecule has 0 saturated heterocycles. The van der Waals surface area contributed by atoms with Gasteiger partial charge in [-0.05, 0) is 19.3 Å². The zero-order valence-corrected chi connectivity index (χ0v) is 9.50. The minimum absolute atomic E-state index is 0.0627. The van der Waals surface area contributed by atoms with Crippen molar-refractivity contribution in [3.05, 3.63) is 0 Å². The van der Waals surface area contributed by atoms with E-state index < -0.39 is 0 Å². The maximum atomic E-state index is 11.3. The zero-order valence-electron chi connectivity index (χ0n) is 9.50. The Morgan fingerprint density at radius 1 is 1.40 bits per heavy atom. The predicted molar refractivity (Wildman–Crippen MR) is 60.4 cm³/mol. The van der Waals surface area contributed by atoms with E-state index in [0.29, 0.717) is 13.0 Å². The highest BCUT2D eigenvalue weighted by Gasteiger charge is 2.10. The van der Waals surface area contributed by atoms with Gasteiger partial charge in [-0.25, -0.2) is 0 Å². The third kappa shape index (κ3) is 8.12. The van der Waals surface area contributed by atoms with Crippen LogP contribution in [-0.2, 0) is 9.59 Å². The van der Waals surface area contributed by atoms with E-state index in [-0.39, 0.29) is 11.9 Å². The Labute approximate surface area is 91.6 Å². The highest BCUT2D eigenvalue weighted by Crippen LogP contribution is 1.97. The molecule has 0 heterocycles. The molecule has 88 valence electrons. The van der Waals surface area contributed by atoms with Gasteiger partial charge >= 0.3 is 0 Å². The molecule has 0 aromatic carbocycles. The van der Waals surface area contributed by atoms with Gasteiger partial charge in [0.25, 0.3) is 0 Å². The van der Waals surface area contributed by atoms with E-state index in [1.807, 2.05) is 6.92 Å². The molecule has 0 fully saturated rings. The summed E-state index contributed by atoms with van der Waals surface area (Å²) >= 11 is 0. The summed E-state index contributed by atoms with van der Waals surface area (Å²) in [7, 11) is 0. The van der Waals surface area contributed by atoms with Crippen LogP contribution < -0.4 is 11.1 Å². The first-order chi connectivity index (χ1) is 7.22. The molecular weight excluding hydrogens is 192 g/mol. The van der Waals surface area contributed by atoms with Crippen molar-refractivity contribution in [3.63, 3.8) is 0 Å². The second kappa shape index (κ2) is 9.65. The smallest absolute Gasteiger partial charge is 0.236 e. The number of rotatable bonds is 9. The van der Waals surface area contributed by atoms with E-state index in [1.165, 1.54) is 0 Å². The number of unbranched alkanes of at least 4 members (excludes halogenated alkanes) is 3. The van der Waals surface area contributed by atoms with Crippen LogP contribution in [0.2, 0.25) is 0 Å². The maximum absolute atomic E-state index is 11.3. The monoisotopic (exact) mass is 214 g/mol. The van der Waals surface area contributed by atoms with Crippen LogP contribution in [0.5, 0.6) is 0 Å². The van der Waals surface area contributed by atoms with Crippen molar-refractivity contribution in [2.24, 2.45) is 5.73 Å². The summed E-state index contributed by atoms with van der Waals surface area (Å²) in [6.07, 6.45) is 5.99. The highest BCUT2D eigenvalue weighted by molar-refractivity contribution is 5.81. The molecule has 0 aromatic rings. The topological polar surface area (TPSA) is 72.2 Å². The predicted octanol–water partition coefficient (Wildman–Crippen LogP) is 0.989. The Bertz CT molecular complexity index is 183. The Morgan fingerprint density at radius 2 is 2.13 bits per heavy atom. The van der Waals surface area contributed by atoms with Crippen molar-refractivity contribution in [2.45, 2.75) is 51.5 Å². The molecule has 4 heteroatoms. The second-order valence-electron chi connectivity index (χ2n) is 3.70. The second-order valence-corrected chi connectivity index (χ2v) is 3.70. The first-order valence-corrected chi connectivity index (χ1v) is 5.69. The molecule has 0 spiro atoms. The van der Waals surface area contributed by atoms with Gasteiger partial charge in [0, 0.05) is 13.0 Å². The lowest BCUT2D eigenvalue weighted by Gasteiger charge is -2.10. The van der Waals surface area contributed by atoms with Crippen molar-refractivity contribution in [2.75, 3.05) is 6.54 Å².